The molecule has 2 aromatic rings. The molecule has 2 amide bonds. The number of aromatic nitrogens is 4. The van der Waals surface area contributed by atoms with Gasteiger partial charge in [0, 0.05) is 25.2 Å². The molecule has 2 N–H and O–H groups in total. The van der Waals surface area contributed by atoms with E-state index < -0.39 is 18.6 Å². The number of nitrogens with zero attached hydrogens (tertiary/aromatic N) is 4. The molecule has 0 saturated heterocycles. The highest BCUT2D eigenvalue weighted by Crippen LogP contribution is 2.30. The third-order valence-corrected chi connectivity index (χ3v) is 3.54. The van der Waals surface area contributed by atoms with Crippen LogP contribution in [-0.2, 0) is 18.4 Å². The highest BCUT2D eigenvalue weighted by Gasteiger charge is 2.30. The van der Waals surface area contributed by atoms with Crippen LogP contribution in [0.3, 0.4) is 0 Å². The van der Waals surface area contributed by atoms with Crippen molar-refractivity contribution in [3.63, 3.8) is 0 Å². The molecule has 0 atom stereocenters. The molecule has 0 bridgehead atoms. The molecule has 0 unspecified atom stereocenters. The Labute approximate surface area is 140 Å². The maximum absolute atomic E-state index is 12.3. The molecule has 0 radical (unpaired) electrons. The Bertz CT molecular complexity index is 806. The van der Waals surface area contributed by atoms with Crippen molar-refractivity contribution in [1.29, 1.82) is 0 Å². The van der Waals surface area contributed by atoms with Crippen molar-refractivity contribution >= 4 is 23.3 Å². The Hall–Kier alpha value is -2.85. The number of hydrogen-bond acceptors (Lipinski definition) is 4. The van der Waals surface area contributed by atoms with Gasteiger partial charge in [-0.2, -0.15) is 23.4 Å². The van der Waals surface area contributed by atoms with Gasteiger partial charge in [-0.15, -0.1) is 0 Å². The average Bonchev–Trinajstić information content (AvgIpc) is 3.18. The maximum Gasteiger partial charge on any atom is 0.408 e. The van der Waals surface area contributed by atoms with E-state index in [1.165, 1.54) is 10.7 Å². The van der Waals surface area contributed by atoms with Crippen LogP contribution in [-0.4, -0.2) is 37.6 Å². The van der Waals surface area contributed by atoms with Gasteiger partial charge in [0.05, 0.1) is 11.9 Å². The molecule has 3 rings (SSSR count). The number of hydrogen-bond donors (Lipinski definition) is 2. The standard InChI is InChI=1S/C14H15F3N6O2/c1-22-11(20-12(24)8-2-3-8)4-10(21-22)13(25)19-9-5-18-23(6-9)7-14(15,16)17/h4-6,8H,2-3,7H2,1H3,(H,19,25)(H,20,24). The number of alkyl halides is 3. The predicted molar refractivity (Wildman–Crippen MR) is 80.8 cm³/mol. The van der Waals surface area contributed by atoms with Gasteiger partial charge in [-0.1, -0.05) is 0 Å². The smallest absolute Gasteiger partial charge is 0.318 e. The third kappa shape index (κ3) is 4.37. The molecule has 0 aromatic carbocycles. The fourth-order valence-electron chi connectivity index (χ4n) is 2.16. The summed E-state index contributed by atoms with van der Waals surface area (Å²) >= 11 is 0. The molecule has 0 aliphatic heterocycles. The topological polar surface area (TPSA) is 93.8 Å². The molecule has 2 heterocycles. The third-order valence-electron chi connectivity index (χ3n) is 3.54. The summed E-state index contributed by atoms with van der Waals surface area (Å²) in [6.07, 6.45) is -0.521. The molecule has 11 heteroatoms. The van der Waals surface area contributed by atoms with Gasteiger partial charge in [0.25, 0.3) is 5.91 Å². The number of carbonyl (C=O) groups excluding carboxylic acids is 2. The van der Waals surface area contributed by atoms with Crippen molar-refractivity contribution in [3.8, 4) is 0 Å². The Morgan fingerprint density at radius 2 is 2.04 bits per heavy atom. The quantitative estimate of drug-likeness (QED) is 0.854. The predicted octanol–water partition coefficient (Wildman–Crippen LogP) is 1.78. The molecule has 0 spiro atoms. The number of halogens is 3. The second kappa shape index (κ2) is 6.22. The molecular formula is C14H15F3N6O2. The SMILES string of the molecule is Cn1nc(C(=O)Nc2cnn(CC(F)(F)F)c2)cc1NC(=O)C1CC1. The second-order valence-electron chi connectivity index (χ2n) is 5.80. The normalized spacial score (nSPS) is 14.4. The monoisotopic (exact) mass is 356 g/mol. The number of nitrogens with one attached hydrogen (secondary N) is 2. The lowest BCUT2D eigenvalue weighted by molar-refractivity contribution is -0.142. The number of carbonyl (C=O) groups is 2. The summed E-state index contributed by atoms with van der Waals surface area (Å²) in [4.78, 5) is 23.9. The molecule has 134 valence electrons. The van der Waals surface area contributed by atoms with Crippen LogP contribution in [0.4, 0.5) is 24.7 Å². The largest absolute Gasteiger partial charge is 0.408 e. The molecule has 8 nitrogen and oxygen atoms in total. The fourth-order valence-corrected chi connectivity index (χ4v) is 2.16. The minimum Gasteiger partial charge on any atom is -0.318 e. The first-order chi connectivity index (χ1) is 11.7. The lowest BCUT2D eigenvalue weighted by Gasteiger charge is -2.05. The van der Waals surface area contributed by atoms with Crippen molar-refractivity contribution in [2.75, 3.05) is 10.6 Å². The van der Waals surface area contributed by atoms with Crippen LogP contribution in [0.5, 0.6) is 0 Å². The van der Waals surface area contributed by atoms with E-state index in [9.17, 15) is 22.8 Å². The van der Waals surface area contributed by atoms with E-state index in [0.29, 0.717) is 10.5 Å². The Kier molecular flexibility index (Phi) is 4.23. The second-order valence-corrected chi connectivity index (χ2v) is 5.80. The van der Waals surface area contributed by atoms with Crippen molar-refractivity contribution < 1.29 is 22.8 Å². The summed E-state index contributed by atoms with van der Waals surface area (Å²) in [7, 11) is 1.57. The van der Waals surface area contributed by atoms with E-state index in [1.54, 1.807) is 7.05 Å². The Morgan fingerprint density at radius 1 is 1.32 bits per heavy atom. The molecule has 2 aromatic heterocycles. The van der Waals surface area contributed by atoms with Crippen molar-refractivity contribution in [2.24, 2.45) is 13.0 Å². The van der Waals surface area contributed by atoms with Crippen LogP contribution in [0.15, 0.2) is 18.5 Å². The van der Waals surface area contributed by atoms with Gasteiger partial charge in [-0.25, -0.2) is 0 Å². The summed E-state index contributed by atoms with van der Waals surface area (Å²) in [6.45, 7) is -1.25. The van der Waals surface area contributed by atoms with Gasteiger partial charge in [-0.05, 0) is 12.8 Å². The fraction of sp³-hybridized carbons (Fsp3) is 0.429. The van der Waals surface area contributed by atoms with E-state index >= 15 is 0 Å². The van der Waals surface area contributed by atoms with Crippen LogP contribution >= 0.6 is 0 Å². The van der Waals surface area contributed by atoms with E-state index in [0.717, 1.165) is 25.2 Å². The van der Waals surface area contributed by atoms with Gasteiger partial charge in [0.2, 0.25) is 5.91 Å². The first-order valence-corrected chi connectivity index (χ1v) is 7.47. The average molecular weight is 356 g/mol. The van der Waals surface area contributed by atoms with Crippen molar-refractivity contribution in [1.82, 2.24) is 19.6 Å². The van der Waals surface area contributed by atoms with E-state index in [4.69, 9.17) is 0 Å². The highest BCUT2D eigenvalue weighted by molar-refractivity contribution is 6.04. The number of anilines is 2. The van der Waals surface area contributed by atoms with Crippen LogP contribution < -0.4 is 10.6 Å². The van der Waals surface area contributed by atoms with Crippen LogP contribution in [0.2, 0.25) is 0 Å². The summed E-state index contributed by atoms with van der Waals surface area (Å²) in [5.74, 6) is -0.362. The number of aryl methyl sites for hydroxylation is 1. The van der Waals surface area contributed by atoms with Crippen LogP contribution in [0.25, 0.3) is 0 Å². The zero-order chi connectivity index (χ0) is 18.2. The minimum absolute atomic E-state index is 0.00616. The molecule has 1 aliphatic rings. The number of rotatable bonds is 5. The lowest BCUT2D eigenvalue weighted by Crippen LogP contribution is -2.18. The van der Waals surface area contributed by atoms with Gasteiger partial charge in [-0.3, -0.25) is 19.0 Å². The van der Waals surface area contributed by atoms with Gasteiger partial charge in [0.15, 0.2) is 5.69 Å². The lowest BCUT2D eigenvalue weighted by atomic mass is 10.3. The van der Waals surface area contributed by atoms with Crippen molar-refractivity contribution in [2.45, 2.75) is 25.6 Å². The first-order valence-electron chi connectivity index (χ1n) is 7.47. The van der Waals surface area contributed by atoms with Gasteiger partial charge in [0.1, 0.15) is 12.4 Å². The van der Waals surface area contributed by atoms with E-state index in [-0.39, 0.29) is 23.2 Å². The summed E-state index contributed by atoms with van der Waals surface area (Å²) in [5, 5.41) is 12.6. The number of amides is 2. The zero-order valence-electron chi connectivity index (χ0n) is 13.2. The summed E-state index contributed by atoms with van der Waals surface area (Å²) in [6, 6.07) is 1.40. The molecule has 1 aliphatic carbocycles. The van der Waals surface area contributed by atoms with Crippen molar-refractivity contribution in [3.05, 3.63) is 24.2 Å². The first kappa shape index (κ1) is 17.0. The highest BCUT2D eigenvalue weighted by atomic mass is 19.4. The Balaban J connectivity index is 1.64. The summed E-state index contributed by atoms with van der Waals surface area (Å²) < 4.78 is 38.9. The van der Waals surface area contributed by atoms with E-state index in [1.807, 2.05) is 0 Å². The Morgan fingerprint density at radius 3 is 2.68 bits per heavy atom. The minimum atomic E-state index is -4.40. The molecule has 25 heavy (non-hydrogen) atoms. The maximum atomic E-state index is 12.3. The van der Waals surface area contributed by atoms with Crippen LogP contribution in [0.1, 0.15) is 23.3 Å². The van der Waals surface area contributed by atoms with Crippen LogP contribution in [0, 0.1) is 5.92 Å². The molecular weight excluding hydrogens is 341 g/mol. The van der Waals surface area contributed by atoms with E-state index in [2.05, 4.69) is 20.8 Å². The molecule has 1 saturated carbocycles. The summed E-state index contributed by atoms with van der Waals surface area (Å²) in [5.41, 5.74) is 0.139. The van der Waals surface area contributed by atoms with Gasteiger partial charge >= 0.3 is 6.18 Å². The molecule has 1 fully saturated rings. The zero-order valence-corrected chi connectivity index (χ0v) is 13.2. The van der Waals surface area contributed by atoms with Gasteiger partial charge < -0.3 is 10.6 Å².